The maximum atomic E-state index is 11.5. The molecule has 0 spiro atoms. The van der Waals surface area contributed by atoms with E-state index in [9.17, 15) is 9.70 Å². The van der Waals surface area contributed by atoms with E-state index in [1.165, 1.54) is 0 Å². The fourth-order valence-corrected chi connectivity index (χ4v) is 1.66. The monoisotopic (exact) mass is 175 g/mol. The maximum Gasteiger partial charge on any atom is 0.191 e. The van der Waals surface area contributed by atoms with Crippen LogP contribution in [0.2, 0.25) is 0 Å². The van der Waals surface area contributed by atoms with Crippen LogP contribution in [-0.2, 0) is 6.42 Å². The molecule has 3 heteroatoms. The summed E-state index contributed by atoms with van der Waals surface area (Å²) in [6.45, 7) is 1.93. The lowest BCUT2D eigenvalue weighted by molar-refractivity contribution is 0.0975. The number of hydrogen-bond acceptors (Lipinski definition) is 3. The maximum absolute atomic E-state index is 11.5. The molecule has 1 atom stereocenters. The normalized spacial score (nSPS) is 20.1. The van der Waals surface area contributed by atoms with Crippen LogP contribution in [0.5, 0.6) is 0 Å². The molecule has 0 heterocycles. The second-order valence-electron chi connectivity index (χ2n) is 3.35. The first-order chi connectivity index (χ1) is 6.22. The lowest BCUT2D eigenvalue weighted by atomic mass is 10.1. The minimum atomic E-state index is -0.684. The van der Waals surface area contributed by atoms with Gasteiger partial charge in [0, 0.05) is 12.0 Å². The second-order valence-corrected chi connectivity index (χ2v) is 3.35. The molecule has 13 heavy (non-hydrogen) atoms. The van der Waals surface area contributed by atoms with Crippen molar-refractivity contribution in [2.45, 2.75) is 19.4 Å². The third-order valence-electron chi connectivity index (χ3n) is 2.37. The van der Waals surface area contributed by atoms with Crippen molar-refractivity contribution in [2.75, 3.05) is 0 Å². The second kappa shape index (κ2) is 2.76. The highest BCUT2D eigenvalue weighted by Gasteiger charge is 2.31. The third kappa shape index (κ3) is 1.16. The van der Waals surface area contributed by atoms with Crippen molar-refractivity contribution >= 4 is 5.78 Å². The van der Waals surface area contributed by atoms with Crippen molar-refractivity contribution in [1.82, 2.24) is 0 Å². The van der Waals surface area contributed by atoms with Gasteiger partial charge in [-0.3, -0.25) is 4.79 Å². The van der Waals surface area contributed by atoms with Gasteiger partial charge in [-0.1, -0.05) is 22.9 Å². The summed E-state index contributed by atoms with van der Waals surface area (Å²) in [4.78, 5) is 21.8. The molecule has 3 nitrogen and oxygen atoms in total. The van der Waals surface area contributed by atoms with Crippen molar-refractivity contribution in [3.8, 4) is 0 Å². The number of carbonyl (C=O) groups excluding carboxylic acids is 1. The summed E-state index contributed by atoms with van der Waals surface area (Å²) in [5.41, 5.74) is 2.66. The molecular weight excluding hydrogens is 166 g/mol. The molecule has 1 unspecified atom stereocenters. The van der Waals surface area contributed by atoms with Gasteiger partial charge in [0.15, 0.2) is 11.8 Å². The molecule has 0 saturated heterocycles. The molecule has 0 radical (unpaired) electrons. The van der Waals surface area contributed by atoms with Crippen LogP contribution in [0.15, 0.2) is 23.4 Å². The average molecular weight is 175 g/mol. The Morgan fingerprint density at radius 1 is 1.46 bits per heavy atom. The number of benzene rings is 1. The molecule has 0 N–H and O–H groups in total. The zero-order valence-corrected chi connectivity index (χ0v) is 7.28. The summed E-state index contributed by atoms with van der Waals surface area (Å²) in [5.74, 6) is -0.131. The summed E-state index contributed by atoms with van der Waals surface area (Å²) < 4.78 is 0. The highest BCUT2D eigenvalue weighted by atomic mass is 16.3. The summed E-state index contributed by atoms with van der Waals surface area (Å²) in [6.07, 6.45) is 0.470. The Morgan fingerprint density at radius 2 is 2.23 bits per heavy atom. The van der Waals surface area contributed by atoms with Gasteiger partial charge in [0.25, 0.3) is 0 Å². The Labute approximate surface area is 75.7 Å². The number of aryl methyl sites for hydroxylation is 1. The summed E-state index contributed by atoms with van der Waals surface area (Å²) in [7, 11) is 0. The summed E-state index contributed by atoms with van der Waals surface area (Å²) in [5, 5.41) is 2.81. The highest BCUT2D eigenvalue weighted by molar-refractivity contribution is 6.04. The number of ketones is 1. The van der Waals surface area contributed by atoms with Crippen molar-refractivity contribution in [1.29, 1.82) is 0 Å². The first-order valence-corrected chi connectivity index (χ1v) is 4.18. The fraction of sp³-hybridized carbons (Fsp3) is 0.300. The van der Waals surface area contributed by atoms with Crippen LogP contribution in [0.1, 0.15) is 21.5 Å². The van der Waals surface area contributed by atoms with Gasteiger partial charge in [-0.05, 0) is 18.6 Å². The van der Waals surface area contributed by atoms with Crippen molar-refractivity contribution in [2.24, 2.45) is 5.18 Å². The van der Waals surface area contributed by atoms with E-state index in [-0.39, 0.29) is 5.78 Å². The van der Waals surface area contributed by atoms with E-state index < -0.39 is 6.04 Å². The molecule has 2 rings (SSSR count). The SMILES string of the molecule is Cc1ccc2c(c1)C(=O)C(N=O)C2. The predicted molar refractivity (Wildman–Crippen MR) is 48.8 cm³/mol. The molecule has 1 aromatic rings. The number of nitroso groups, excluding NO2 is 1. The average Bonchev–Trinajstić information content (AvgIpc) is 2.44. The lowest BCUT2D eigenvalue weighted by Gasteiger charge is -1.96. The van der Waals surface area contributed by atoms with Crippen molar-refractivity contribution < 1.29 is 4.79 Å². The molecule has 0 bridgehead atoms. The number of nitrogens with zero attached hydrogens (tertiary/aromatic N) is 1. The molecular formula is C10H9NO2. The first-order valence-electron chi connectivity index (χ1n) is 4.18. The van der Waals surface area contributed by atoms with E-state index in [0.29, 0.717) is 12.0 Å². The largest absolute Gasteiger partial charge is 0.292 e. The van der Waals surface area contributed by atoms with Gasteiger partial charge in [-0.15, -0.1) is 0 Å². The van der Waals surface area contributed by atoms with Gasteiger partial charge in [0.05, 0.1) is 0 Å². The van der Waals surface area contributed by atoms with E-state index in [1.54, 1.807) is 0 Å². The number of carbonyl (C=O) groups is 1. The fourth-order valence-electron chi connectivity index (χ4n) is 1.66. The van der Waals surface area contributed by atoms with Crippen LogP contribution in [-0.4, -0.2) is 11.8 Å². The summed E-state index contributed by atoms with van der Waals surface area (Å²) >= 11 is 0. The Balaban J connectivity index is 2.50. The Morgan fingerprint density at radius 3 is 2.92 bits per heavy atom. The van der Waals surface area contributed by atoms with Crippen LogP contribution >= 0.6 is 0 Å². The van der Waals surface area contributed by atoms with Crippen LogP contribution < -0.4 is 0 Å². The molecule has 0 saturated carbocycles. The van der Waals surface area contributed by atoms with Gasteiger partial charge in [0.1, 0.15) is 0 Å². The van der Waals surface area contributed by atoms with E-state index >= 15 is 0 Å². The zero-order chi connectivity index (χ0) is 9.42. The first kappa shape index (κ1) is 8.10. The van der Waals surface area contributed by atoms with Gasteiger partial charge >= 0.3 is 0 Å². The standard InChI is InChI=1S/C10H9NO2/c1-6-2-3-7-5-9(11-13)10(12)8(7)4-6/h2-4,9H,5H2,1H3. The third-order valence-corrected chi connectivity index (χ3v) is 2.37. The molecule has 1 aliphatic rings. The van der Waals surface area contributed by atoms with Crippen LogP contribution in [0, 0.1) is 11.8 Å². The Bertz CT molecular complexity index is 385. The summed E-state index contributed by atoms with van der Waals surface area (Å²) in [6, 6.07) is 4.98. The highest BCUT2D eigenvalue weighted by Crippen LogP contribution is 2.24. The van der Waals surface area contributed by atoms with Crippen LogP contribution in [0.25, 0.3) is 0 Å². The number of rotatable bonds is 1. The van der Waals surface area contributed by atoms with Gasteiger partial charge in [-0.25, -0.2) is 0 Å². The van der Waals surface area contributed by atoms with E-state index in [4.69, 9.17) is 0 Å². The zero-order valence-electron chi connectivity index (χ0n) is 7.28. The molecule has 0 fully saturated rings. The van der Waals surface area contributed by atoms with E-state index in [2.05, 4.69) is 5.18 Å². The van der Waals surface area contributed by atoms with Crippen molar-refractivity contribution in [3.63, 3.8) is 0 Å². The minimum absolute atomic E-state index is 0.131. The molecule has 0 amide bonds. The predicted octanol–water partition coefficient (Wildman–Crippen LogP) is 1.87. The van der Waals surface area contributed by atoms with E-state index in [0.717, 1.165) is 11.1 Å². The molecule has 1 aliphatic carbocycles. The quantitative estimate of drug-likeness (QED) is 0.611. The smallest absolute Gasteiger partial charge is 0.191 e. The van der Waals surface area contributed by atoms with Crippen LogP contribution in [0.3, 0.4) is 0 Å². The van der Waals surface area contributed by atoms with Gasteiger partial charge in [0.2, 0.25) is 0 Å². The number of hydrogen-bond donors (Lipinski definition) is 0. The van der Waals surface area contributed by atoms with Gasteiger partial charge in [-0.2, -0.15) is 4.91 Å². The number of Topliss-reactive ketones (excluding diaryl/α,β-unsaturated/α-hetero) is 1. The molecule has 1 aromatic carbocycles. The number of fused-ring (bicyclic) bond motifs is 1. The molecule has 0 aromatic heterocycles. The van der Waals surface area contributed by atoms with Crippen molar-refractivity contribution in [3.05, 3.63) is 39.8 Å². The topological polar surface area (TPSA) is 46.5 Å². The Hall–Kier alpha value is -1.51. The van der Waals surface area contributed by atoms with Crippen LogP contribution in [0.4, 0.5) is 0 Å². The Kier molecular flexibility index (Phi) is 1.72. The van der Waals surface area contributed by atoms with Gasteiger partial charge < -0.3 is 0 Å². The van der Waals surface area contributed by atoms with E-state index in [1.807, 2.05) is 25.1 Å². The lowest BCUT2D eigenvalue weighted by Crippen LogP contribution is -2.11. The molecule has 0 aliphatic heterocycles. The minimum Gasteiger partial charge on any atom is -0.292 e. The molecule has 66 valence electrons.